The summed E-state index contributed by atoms with van der Waals surface area (Å²) in [5, 5.41) is 8.85. The first kappa shape index (κ1) is 16.9. The van der Waals surface area contributed by atoms with E-state index in [2.05, 4.69) is 4.72 Å². The molecular weight excluding hydrogens is 300 g/mol. The summed E-state index contributed by atoms with van der Waals surface area (Å²) in [6.45, 7) is 2.69. The maximum Gasteiger partial charge on any atom is 0.216 e. The molecule has 0 bridgehead atoms. The number of rotatable bonds is 7. The van der Waals surface area contributed by atoms with Gasteiger partial charge in [0.1, 0.15) is 0 Å². The standard InChI is InChI=1S/C16H22N2O3S/c1-13(7-8-16-6-3-9-21-16)18-22(19,20)12-15-5-2-4-14(10-15)11-17/h2,4-5,10,13,16,18H,3,6-9,12H2,1H3/t13-,16-/m1/s1. The van der Waals surface area contributed by atoms with Crippen LogP contribution in [-0.4, -0.2) is 27.2 Å². The van der Waals surface area contributed by atoms with Crippen molar-refractivity contribution in [3.05, 3.63) is 35.4 Å². The van der Waals surface area contributed by atoms with Crippen molar-refractivity contribution in [3.63, 3.8) is 0 Å². The zero-order valence-corrected chi connectivity index (χ0v) is 13.6. The van der Waals surface area contributed by atoms with E-state index in [0.717, 1.165) is 32.3 Å². The molecule has 2 atom stereocenters. The number of hydrogen-bond acceptors (Lipinski definition) is 4. The number of hydrogen-bond donors (Lipinski definition) is 1. The lowest BCUT2D eigenvalue weighted by Crippen LogP contribution is -2.34. The average molecular weight is 322 g/mol. The molecule has 0 spiro atoms. The smallest absolute Gasteiger partial charge is 0.216 e. The summed E-state index contributed by atoms with van der Waals surface area (Å²) in [6.07, 6.45) is 4.09. The minimum absolute atomic E-state index is 0.104. The van der Waals surface area contributed by atoms with E-state index in [1.54, 1.807) is 24.3 Å². The van der Waals surface area contributed by atoms with Gasteiger partial charge in [-0.2, -0.15) is 5.26 Å². The van der Waals surface area contributed by atoms with Gasteiger partial charge in [-0.05, 0) is 50.3 Å². The van der Waals surface area contributed by atoms with Crippen molar-refractivity contribution in [1.82, 2.24) is 4.72 Å². The number of sulfonamides is 1. The Morgan fingerprint density at radius 3 is 3.00 bits per heavy atom. The first-order chi connectivity index (χ1) is 10.5. The van der Waals surface area contributed by atoms with Crippen LogP contribution in [0, 0.1) is 11.3 Å². The van der Waals surface area contributed by atoms with Crippen LogP contribution < -0.4 is 4.72 Å². The van der Waals surface area contributed by atoms with E-state index >= 15 is 0 Å². The van der Waals surface area contributed by atoms with Gasteiger partial charge in [-0.25, -0.2) is 13.1 Å². The number of nitrogens with one attached hydrogen (secondary N) is 1. The van der Waals surface area contributed by atoms with Crippen LogP contribution >= 0.6 is 0 Å². The molecule has 1 aromatic rings. The third-order valence-corrected chi connectivity index (χ3v) is 5.21. The molecule has 1 saturated heterocycles. The Bertz CT molecular complexity index is 631. The van der Waals surface area contributed by atoms with E-state index in [0.29, 0.717) is 11.1 Å². The van der Waals surface area contributed by atoms with E-state index in [1.807, 2.05) is 13.0 Å². The quantitative estimate of drug-likeness (QED) is 0.835. The van der Waals surface area contributed by atoms with Crippen molar-refractivity contribution >= 4 is 10.0 Å². The van der Waals surface area contributed by atoms with Crippen LogP contribution in [0.3, 0.4) is 0 Å². The Hall–Kier alpha value is -1.42. The molecule has 1 aliphatic rings. The van der Waals surface area contributed by atoms with Crippen LogP contribution in [0.2, 0.25) is 0 Å². The minimum Gasteiger partial charge on any atom is -0.378 e. The summed E-state index contributed by atoms with van der Waals surface area (Å²) in [6, 6.07) is 8.58. The highest BCUT2D eigenvalue weighted by Crippen LogP contribution is 2.18. The largest absolute Gasteiger partial charge is 0.378 e. The highest BCUT2D eigenvalue weighted by atomic mass is 32.2. The zero-order chi connectivity index (χ0) is 16.0. The third kappa shape index (κ3) is 5.41. The van der Waals surface area contributed by atoms with E-state index in [4.69, 9.17) is 10.00 Å². The van der Waals surface area contributed by atoms with Crippen LogP contribution in [-0.2, 0) is 20.5 Å². The third-order valence-electron chi connectivity index (χ3n) is 3.74. The normalized spacial score (nSPS) is 19.7. The van der Waals surface area contributed by atoms with Crippen molar-refractivity contribution in [3.8, 4) is 6.07 Å². The van der Waals surface area contributed by atoms with Crippen molar-refractivity contribution in [2.75, 3.05) is 6.61 Å². The van der Waals surface area contributed by atoms with Gasteiger partial charge in [0.2, 0.25) is 10.0 Å². The Labute approximate surface area is 132 Å². The maximum atomic E-state index is 12.2. The van der Waals surface area contributed by atoms with Crippen molar-refractivity contribution in [2.45, 2.75) is 50.5 Å². The van der Waals surface area contributed by atoms with Crippen LogP contribution in [0.15, 0.2) is 24.3 Å². The number of nitriles is 1. The van der Waals surface area contributed by atoms with Gasteiger partial charge in [-0.1, -0.05) is 12.1 Å². The number of benzene rings is 1. The zero-order valence-electron chi connectivity index (χ0n) is 12.8. The molecule has 1 fully saturated rings. The molecule has 5 nitrogen and oxygen atoms in total. The molecular formula is C16H22N2O3S. The molecule has 1 aromatic carbocycles. The molecule has 1 heterocycles. The van der Waals surface area contributed by atoms with Gasteiger partial charge >= 0.3 is 0 Å². The molecule has 6 heteroatoms. The van der Waals surface area contributed by atoms with Gasteiger partial charge in [0, 0.05) is 12.6 Å². The second-order valence-electron chi connectivity index (χ2n) is 5.80. The van der Waals surface area contributed by atoms with Gasteiger partial charge in [-0.15, -0.1) is 0 Å². The van der Waals surface area contributed by atoms with E-state index in [-0.39, 0.29) is 17.9 Å². The van der Waals surface area contributed by atoms with Gasteiger partial charge in [0.05, 0.1) is 23.5 Å². The lowest BCUT2D eigenvalue weighted by Gasteiger charge is -2.16. The van der Waals surface area contributed by atoms with Crippen molar-refractivity contribution in [1.29, 1.82) is 5.26 Å². The van der Waals surface area contributed by atoms with E-state index < -0.39 is 10.0 Å². The van der Waals surface area contributed by atoms with Gasteiger partial charge in [0.15, 0.2) is 0 Å². The fourth-order valence-electron chi connectivity index (χ4n) is 2.67. The summed E-state index contributed by atoms with van der Waals surface area (Å²) in [4.78, 5) is 0. The predicted octanol–water partition coefficient (Wildman–Crippen LogP) is 2.33. The molecule has 1 aliphatic heterocycles. The molecule has 1 N–H and O–H groups in total. The Morgan fingerprint density at radius 2 is 2.32 bits per heavy atom. The number of nitrogens with zero attached hydrogens (tertiary/aromatic N) is 1. The van der Waals surface area contributed by atoms with Crippen LogP contribution in [0.1, 0.15) is 43.7 Å². The van der Waals surface area contributed by atoms with Crippen LogP contribution in [0.4, 0.5) is 0 Å². The SMILES string of the molecule is C[C@H](CC[C@H]1CCCO1)NS(=O)(=O)Cc1cccc(C#N)c1. The lowest BCUT2D eigenvalue weighted by atomic mass is 10.1. The molecule has 0 aliphatic carbocycles. The fraction of sp³-hybridized carbons (Fsp3) is 0.562. The second kappa shape index (κ2) is 7.73. The summed E-state index contributed by atoms with van der Waals surface area (Å²) in [5.74, 6) is -0.104. The first-order valence-corrected chi connectivity index (χ1v) is 9.24. The summed E-state index contributed by atoms with van der Waals surface area (Å²) in [5.41, 5.74) is 1.09. The average Bonchev–Trinajstić information content (AvgIpc) is 2.97. The highest BCUT2D eigenvalue weighted by molar-refractivity contribution is 7.88. The van der Waals surface area contributed by atoms with Crippen molar-refractivity contribution in [2.24, 2.45) is 0 Å². The summed E-state index contributed by atoms with van der Waals surface area (Å²) >= 11 is 0. The first-order valence-electron chi connectivity index (χ1n) is 7.59. The van der Waals surface area contributed by atoms with Gasteiger partial charge in [0.25, 0.3) is 0 Å². The highest BCUT2D eigenvalue weighted by Gasteiger charge is 2.19. The molecule has 0 saturated carbocycles. The molecule has 2 rings (SSSR count). The Morgan fingerprint density at radius 1 is 1.50 bits per heavy atom. The topological polar surface area (TPSA) is 79.2 Å². The van der Waals surface area contributed by atoms with Crippen LogP contribution in [0.5, 0.6) is 0 Å². The predicted molar refractivity (Wildman–Crippen MR) is 84.6 cm³/mol. The maximum absolute atomic E-state index is 12.2. The second-order valence-corrected chi connectivity index (χ2v) is 7.56. The Balaban J connectivity index is 1.85. The molecule has 0 unspecified atom stereocenters. The molecule has 120 valence electrons. The monoisotopic (exact) mass is 322 g/mol. The molecule has 0 radical (unpaired) electrons. The van der Waals surface area contributed by atoms with E-state index in [9.17, 15) is 8.42 Å². The number of ether oxygens (including phenoxy) is 1. The van der Waals surface area contributed by atoms with Gasteiger partial charge < -0.3 is 4.74 Å². The van der Waals surface area contributed by atoms with Gasteiger partial charge in [-0.3, -0.25) is 0 Å². The summed E-state index contributed by atoms with van der Waals surface area (Å²) in [7, 11) is -3.40. The molecule has 22 heavy (non-hydrogen) atoms. The molecule has 0 amide bonds. The Kier molecular flexibility index (Phi) is 5.95. The van der Waals surface area contributed by atoms with E-state index in [1.165, 1.54) is 0 Å². The lowest BCUT2D eigenvalue weighted by molar-refractivity contribution is 0.101. The van der Waals surface area contributed by atoms with Crippen LogP contribution in [0.25, 0.3) is 0 Å². The molecule has 0 aromatic heterocycles. The fourth-order valence-corrected chi connectivity index (χ4v) is 4.10. The summed E-state index contributed by atoms with van der Waals surface area (Å²) < 4.78 is 32.6. The van der Waals surface area contributed by atoms with Crippen molar-refractivity contribution < 1.29 is 13.2 Å². The minimum atomic E-state index is -3.40.